The predicted molar refractivity (Wildman–Crippen MR) is 130 cm³/mol. The van der Waals surface area contributed by atoms with Crippen molar-refractivity contribution in [1.82, 2.24) is 20.5 Å². The largest absolute Gasteiger partial charge is 0.355 e. The molecule has 0 radical (unpaired) electrons. The predicted octanol–water partition coefficient (Wildman–Crippen LogP) is 3.79. The Bertz CT molecular complexity index is 588. The summed E-state index contributed by atoms with van der Waals surface area (Å²) in [6.07, 6.45) is 6.73. The molecule has 0 spiro atoms. The van der Waals surface area contributed by atoms with E-state index in [1.165, 1.54) is 61.6 Å². The van der Waals surface area contributed by atoms with Crippen LogP contribution in [0, 0.1) is 13.8 Å². The van der Waals surface area contributed by atoms with E-state index in [-0.39, 0.29) is 24.0 Å². The second-order valence-corrected chi connectivity index (χ2v) is 9.93. The van der Waals surface area contributed by atoms with Crippen molar-refractivity contribution in [1.29, 1.82) is 0 Å². The lowest BCUT2D eigenvalue weighted by Gasteiger charge is -2.48. The molecule has 1 aromatic heterocycles. The van der Waals surface area contributed by atoms with Crippen LogP contribution in [-0.2, 0) is 6.54 Å². The first-order chi connectivity index (χ1) is 12.6. The van der Waals surface area contributed by atoms with Crippen LogP contribution in [0.5, 0.6) is 0 Å². The molecule has 0 unspecified atom stereocenters. The summed E-state index contributed by atoms with van der Waals surface area (Å²) in [5, 5.41) is 8.21. The molecule has 2 fully saturated rings. The molecular formula is C19H34IN5S2. The van der Waals surface area contributed by atoms with Gasteiger partial charge in [-0.2, -0.15) is 11.8 Å². The molecular weight excluding hydrogens is 489 g/mol. The van der Waals surface area contributed by atoms with E-state index < -0.39 is 0 Å². The number of rotatable bonds is 5. The van der Waals surface area contributed by atoms with E-state index in [0.29, 0.717) is 5.54 Å². The molecule has 0 aromatic carbocycles. The Hall–Kier alpha value is -0.0600. The molecule has 3 rings (SSSR count). The van der Waals surface area contributed by atoms with Crippen LogP contribution >= 0.6 is 47.1 Å². The molecule has 8 heteroatoms. The van der Waals surface area contributed by atoms with Gasteiger partial charge in [-0.25, -0.2) is 4.98 Å². The average Bonchev–Trinajstić information content (AvgIpc) is 3.01. The zero-order chi connectivity index (χ0) is 18.4. The van der Waals surface area contributed by atoms with Crippen LogP contribution in [0.3, 0.4) is 0 Å². The molecule has 0 atom stereocenters. The molecule has 0 amide bonds. The number of nitrogens with one attached hydrogen (secondary N) is 2. The molecule has 1 aliphatic carbocycles. The molecule has 27 heavy (non-hydrogen) atoms. The summed E-state index contributed by atoms with van der Waals surface area (Å²) in [5.41, 5.74) is 1.45. The fourth-order valence-electron chi connectivity index (χ4n) is 4.10. The molecule has 5 nitrogen and oxygen atoms in total. The van der Waals surface area contributed by atoms with Gasteiger partial charge >= 0.3 is 0 Å². The minimum atomic E-state index is 0. The Morgan fingerprint density at radius 1 is 1.15 bits per heavy atom. The molecule has 1 saturated heterocycles. The summed E-state index contributed by atoms with van der Waals surface area (Å²) in [6.45, 7) is 8.41. The van der Waals surface area contributed by atoms with Crippen LogP contribution in [0.4, 0.5) is 0 Å². The van der Waals surface area contributed by atoms with Crippen molar-refractivity contribution in [2.24, 2.45) is 4.99 Å². The number of guanidine groups is 1. The fourth-order valence-corrected chi connectivity index (χ4v) is 5.87. The summed E-state index contributed by atoms with van der Waals surface area (Å²) in [6, 6.07) is 0. The molecule has 1 saturated carbocycles. The number of thiazole rings is 1. The number of aromatic nitrogens is 1. The Morgan fingerprint density at radius 3 is 2.44 bits per heavy atom. The first kappa shape index (κ1) is 23.2. The third-order valence-corrected chi connectivity index (χ3v) is 7.77. The molecule has 1 aromatic rings. The zero-order valence-electron chi connectivity index (χ0n) is 16.8. The lowest BCUT2D eigenvalue weighted by Crippen LogP contribution is -2.59. The Morgan fingerprint density at radius 2 is 1.85 bits per heavy atom. The third-order valence-electron chi connectivity index (χ3n) is 5.75. The van der Waals surface area contributed by atoms with Gasteiger partial charge in [-0.3, -0.25) is 9.89 Å². The minimum absolute atomic E-state index is 0. The number of aryl methyl sites for hydroxylation is 2. The standard InChI is InChI=1S/C19H33N5S2.HI/c1-15-16(2)26-17(23-15)13-21-18(20-3)22-14-19(7-5-4-6-8-19)24-9-11-25-12-10-24;/h4-14H2,1-3H3,(H2,20,21,22);1H. The van der Waals surface area contributed by atoms with Crippen molar-refractivity contribution in [3.63, 3.8) is 0 Å². The molecule has 2 N–H and O–H groups in total. The van der Waals surface area contributed by atoms with Crippen molar-refractivity contribution in [3.8, 4) is 0 Å². The van der Waals surface area contributed by atoms with Gasteiger partial charge in [0.25, 0.3) is 0 Å². The highest BCUT2D eigenvalue weighted by Crippen LogP contribution is 2.34. The molecule has 2 heterocycles. The van der Waals surface area contributed by atoms with Gasteiger partial charge in [0.1, 0.15) is 5.01 Å². The molecule has 0 bridgehead atoms. The topological polar surface area (TPSA) is 52.6 Å². The summed E-state index contributed by atoms with van der Waals surface area (Å²) in [4.78, 5) is 13.1. The van der Waals surface area contributed by atoms with E-state index in [1.54, 1.807) is 11.3 Å². The monoisotopic (exact) mass is 523 g/mol. The van der Waals surface area contributed by atoms with Crippen LogP contribution < -0.4 is 10.6 Å². The lowest BCUT2D eigenvalue weighted by molar-refractivity contribution is 0.0626. The lowest BCUT2D eigenvalue weighted by atomic mass is 9.80. The number of thioether (sulfide) groups is 1. The highest BCUT2D eigenvalue weighted by molar-refractivity contribution is 14.0. The summed E-state index contributed by atoms with van der Waals surface area (Å²) in [5.74, 6) is 3.45. The minimum Gasteiger partial charge on any atom is -0.355 e. The van der Waals surface area contributed by atoms with E-state index in [2.05, 4.69) is 51.1 Å². The first-order valence-corrected chi connectivity index (χ1v) is 11.8. The second-order valence-electron chi connectivity index (χ2n) is 7.41. The van der Waals surface area contributed by atoms with E-state index in [9.17, 15) is 0 Å². The Balaban J connectivity index is 0.00000261. The van der Waals surface area contributed by atoms with Crippen molar-refractivity contribution in [2.75, 3.05) is 38.2 Å². The highest BCUT2D eigenvalue weighted by atomic mass is 127. The van der Waals surface area contributed by atoms with Gasteiger partial charge in [-0.05, 0) is 26.7 Å². The summed E-state index contributed by atoms with van der Waals surface area (Å²) in [7, 11) is 1.86. The first-order valence-electron chi connectivity index (χ1n) is 9.83. The van der Waals surface area contributed by atoms with Gasteiger partial charge in [-0.1, -0.05) is 19.3 Å². The van der Waals surface area contributed by atoms with E-state index in [1.807, 2.05) is 7.05 Å². The van der Waals surface area contributed by atoms with E-state index in [4.69, 9.17) is 0 Å². The number of aliphatic imine (C=N–C) groups is 1. The normalized spacial score (nSPS) is 20.8. The van der Waals surface area contributed by atoms with Gasteiger partial charge in [0.2, 0.25) is 0 Å². The van der Waals surface area contributed by atoms with E-state index >= 15 is 0 Å². The maximum Gasteiger partial charge on any atom is 0.191 e. The number of hydrogen-bond donors (Lipinski definition) is 2. The Kier molecular flexibility index (Phi) is 9.64. The van der Waals surface area contributed by atoms with Crippen LogP contribution in [0.25, 0.3) is 0 Å². The van der Waals surface area contributed by atoms with Crippen LogP contribution in [0.1, 0.15) is 47.7 Å². The molecule has 154 valence electrons. The van der Waals surface area contributed by atoms with Gasteiger partial charge in [-0.15, -0.1) is 35.3 Å². The second kappa shape index (κ2) is 11.2. The molecule has 1 aliphatic heterocycles. The number of hydrogen-bond acceptors (Lipinski definition) is 5. The Labute approximate surface area is 189 Å². The van der Waals surface area contributed by atoms with Crippen molar-refractivity contribution in [2.45, 2.75) is 58.0 Å². The van der Waals surface area contributed by atoms with Crippen molar-refractivity contribution < 1.29 is 0 Å². The van der Waals surface area contributed by atoms with Crippen LogP contribution in [-0.4, -0.2) is 59.6 Å². The maximum absolute atomic E-state index is 4.62. The summed E-state index contributed by atoms with van der Waals surface area (Å²) >= 11 is 3.86. The number of nitrogens with zero attached hydrogens (tertiary/aromatic N) is 3. The maximum atomic E-state index is 4.62. The third kappa shape index (κ3) is 6.21. The van der Waals surface area contributed by atoms with Crippen molar-refractivity contribution in [3.05, 3.63) is 15.6 Å². The fraction of sp³-hybridized carbons (Fsp3) is 0.789. The van der Waals surface area contributed by atoms with Gasteiger partial charge < -0.3 is 10.6 Å². The highest BCUT2D eigenvalue weighted by Gasteiger charge is 2.38. The van der Waals surface area contributed by atoms with Gasteiger partial charge in [0, 0.05) is 48.6 Å². The average molecular weight is 524 g/mol. The zero-order valence-corrected chi connectivity index (χ0v) is 20.8. The quantitative estimate of drug-likeness (QED) is 0.350. The van der Waals surface area contributed by atoms with Gasteiger partial charge in [0.05, 0.1) is 12.2 Å². The number of halogens is 1. The van der Waals surface area contributed by atoms with E-state index in [0.717, 1.165) is 29.8 Å². The van der Waals surface area contributed by atoms with Gasteiger partial charge in [0.15, 0.2) is 5.96 Å². The van der Waals surface area contributed by atoms with Crippen LogP contribution in [0.15, 0.2) is 4.99 Å². The summed E-state index contributed by atoms with van der Waals surface area (Å²) < 4.78 is 0. The smallest absolute Gasteiger partial charge is 0.191 e. The van der Waals surface area contributed by atoms with Crippen LogP contribution in [0.2, 0.25) is 0 Å². The molecule has 2 aliphatic rings. The van der Waals surface area contributed by atoms with Crippen molar-refractivity contribution >= 4 is 53.0 Å². The SMILES string of the molecule is CN=C(NCc1nc(C)c(C)s1)NCC1(N2CCSCC2)CCCCC1.I.